The van der Waals surface area contributed by atoms with Crippen molar-refractivity contribution in [2.24, 2.45) is 5.92 Å². The van der Waals surface area contributed by atoms with Gasteiger partial charge in [0.15, 0.2) is 0 Å². The highest BCUT2D eigenvalue weighted by Crippen LogP contribution is 2.26. The second kappa shape index (κ2) is 7.95. The fourth-order valence-corrected chi connectivity index (χ4v) is 4.10. The minimum absolute atomic E-state index is 0.137. The average molecular weight is 343 g/mol. The first kappa shape index (κ1) is 17.2. The van der Waals surface area contributed by atoms with Crippen LogP contribution in [0, 0.1) is 12.8 Å². The minimum Gasteiger partial charge on any atom is -0.317 e. The van der Waals surface area contributed by atoms with Gasteiger partial charge in [0.1, 0.15) is 0 Å². The molecule has 1 aliphatic heterocycles. The van der Waals surface area contributed by atoms with Gasteiger partial charge in [-0.3, -0.25) is 4.79 Å². The van der Waals surface area contributed by atoms with Crippen molar-refractivity contribution < 1.29 is 4.79 Å². The highest BCUT2D eigenvalue weighted by molar-refractivity contribution is 7.11. The number of aryl methyl sites for hydroxylation is 2. The smallest absolute Gasteiger partial charge is 0.230 e. The molecule has 1 fully saturated rings. The van der Waals surface area contributed by atoms with Crippen molar-refractivity contribution in [3.8, 4) is 0 Å². The summed E-state index contributed by atoms with van der Waals surface area (Å²) in [6.07, 6.45) is 2.89. The van der Waals surface area contributed by atoms with Crippen molar-refractivity contribution in [1.82, 2.24) is 5.32 Å². The lowest BCUT2D eigenvalue weighted by molar-refractivity contribution is -0.123. The van der Waals surface area contributed by atoms with E-state index in [0.29, 0.717) is 6.54 Å². The molecule has 4 heteroatoms. The molecule has 1 N–H and O–H groups in total. The maximum Gasteiger partial charge on any atom is 0.230 e. The first-order valence-electron chi connectivity index (χ1n) is 8.83. The Hall–Kier alpha value is -1.65. The van der Waals surface area contributed by atoms with Gasteiger partial charge in [0, 0.05) is 21.4 Å². The molecule has 2 aromatic rings. The molecular formula is C20H26N2OS. The molecule has 0 unspecified atom stereocenters. The zero-order valence-electron chi connectivity index (χ0n) is 14.5. The van der Waals surface area contributed by atoms with Crippen LogP contribution in [0.15, 0.2) is 36.4 Å². The van der Waals surface area contributed by atoms with Crippen molar-refractivity contribution in [2.75, 3.05) is 18.0 Å². The van der Waals surface area contributed by atoms with Crippen molar-refractivity contribution in [1.29, 1.82) is 0 Å². The Balaban J connectivity index is 1.85. The van der Waals surface area contributed by atoms with Crippen molar-refractivity contribution in [2.45, 2.75) is 39.7 Å². The summed E-state index contributed by atoms with van der Waals surface area (Å²) in [4.78, 5) is 17.7. The molecule has 0 bridgehead atoms. The van der Waals surface area contributed by atoms with Gasteiger partial charge in [0.25, 0.3) is 0 Å². The van der Waals surface area contributed by atoms with Crippen LogP contribution in [0.25, 0.3) is 0 Å². The van der Waals surface area contributed by atoms with Gasteiger partial charge in [-0.05, 0) is 69.1 Å². The molecule has 1 aliphatic rings. The van der Waals surface area contributed by atoms with Crippen LogP contribution < -0.4 is 10.2 Å². The molecule has 0 saturated carbocycles. The summed E-state index contributed by atoms with van der Waals surface area (Å²) in [5, 5.41) is 3.35. The Morgan fingerprint density at radius 1 is 1.17 bits per heavy atom. The number of anilines is 1. The van der Waals surface area contributed by atoms with Gasteiger partial charge in [-0.15, -0.1) is 11.3 Å². The number of rotatable bonds is 5. The third kappa shape index (κ3) is 4.05. The van der Waals surface area contributed by atoms with Gasteiger partial charge in [0.05, 0.1) is 6.54 Å². The summed E-state index contributed by atoms with van der Waals surface area (Å²) in [5.74, 6) is 0.407. The molecule has 0 radical (unpaired) electrons. The third-order valence-corrected chi connectivity index (χ3v) is 5.71. The molecule has 128 valence electrons. The SMILES string of the molecule is CCc1ccc(N(Cc2ccc(C)s2)C(=O)C2CCNCC2)cc1. The number of piperidine rings is 1. The van der Waals surface area contributed by atoms with Gasteiger partial charge >= 0.3 is 0 Å². The lowest BCUT2D eigenvalue weighted by Gasteiger charge is -2.29. The van der Waals surface area contributed by atoms with Crippen LogP contribution in [-0.2, 0) is 17.8 Å². The monoisotopic (exact) mass is 342 g/mol. The Morgan fingerprint density at radius 3 is 2.46 bits per heavy atom. The van der Waals surface area contributed by atoms with Gasteiger partial charge in [-0.25, -0.2) is 0 Å². The van der Waals surface area contributed by atoms with Crippen LogP contribution in [0.5, 0.6) is 0 Å². The summed E-state index contributed by atoms with van der Waals surface area (Å²) in [6, 6.07) is 12.7. The molecule has 1 saturated heterocycles. The van der Waals surface area contributed by atoms with Gasteiger partial charge in [0.2, 0.25) is 5.91 Å². The van der Waals surface area contributed by atoms with Gasteiger partial charge in [-0.1, -0.05) is 19.1 Å². The van der Waals surface area contributed by atoms with E-state index in [2.05, 4.69) is 55.6 Å². The summed E-state index contributed by atoms with van der Waals surface area (Å²) in [7, 11) is 0. The lowest BCUT2D eigenvalue weighted by Crippen LogP contribution is -2.40. The van der Waals surface area contributed by atoms with E-state index < -0.39 is 0 Å². The molecule has 1 amide bonds. The average Bonchev–Trinajstić information content (AvgIpc) is 3.05. The predicted molar refractivity (Wildman–Crippen MR) is 102 cm³/mol. The third-order valence-electron chi connectivity index (χ3n) is 4.72. The summed E-state index contributed by atoms with van der Waals surface area (Å²) in [5.41, 5.74) is 2.32. The fourth-order valence-electron chi connectivity index (χ4n) is 3.22. The molecule has 3 nitrogen and oxygen atoms in total. The van der Waals surface area contributed by atoms with Crippen molar-refractivity contribution in [3.05, 3.63) is 51.7 Å². The number of carbonyl (C=O) groups excluding carboxylic acids is 1. The molecule has 0 spiro atoms. The summed E-state index contributed by atoms with van der Waals surface area (Å²) < 4.78 is 0. The molecular weight excluding hydrogens is 316 g/mol. The topological polar surface area (TPSA) is 32.3 Å². The number of nitrogens with zero attached hydrogens (tertiary/aromatic N) is 1. The largest absolute Gasteiger partial charge is 0.317 e. The Morgan fingerprint density at radius 2 is 1.88 bits per heavy atom. The van der Waals surface area contributed by atoms with Crippen LogP contribution in [-0.4, -0.2) is 19.0 Å². The summed E-state index contributed by atoms with van der Waals surface area (Å²) >= 11 is 1.78. The Bertz CT molecular complexity index is 671. The zero-order chi connectivity index (χ0) is 16.9. The minimum atomic E-state index is 0.137. The van der Waals surface area contributed by atoms with E-state index in [1.165, 1.54) is 15.3 Å². The van der Waals surface area contributed by atoms with E-state index >= 15 is 0 Å². The fraction of sp³-hybridized carbons (Fsp3) is 0.450. The van der Waals surface area contributed by atoms with E-state index in [0.717, 1.165) is 38.0 Å². The number of benzene rings is 1. The van der Waals surface area contributed by atoms with Crippen LogP contribution in [0.2, 0.25) is 0 Å². The standard InChI is InChI=1S/C20H26N2OS/c1-3-16-5-7-18(8-6-16)22(14-19-9-4-15(2)24-19)20(23)17-10-12-21-13-11-17/h4-9,17,21H,3,10-14H2,1-2H3. The molecule has 3 rings (SSSR count). The second-order valence-corrected chi connectivity index (χ2v) is 7.85. The molecule has 2 heterocycles. The first-order valence-corrected chi connectivity index (χ1v) is 9.65. The highest BCUT2D eigenvalue weighted by Gasteiger charge is 2.27. The van der Waals surface area contributed by atoms with Crippen LogP contribution in [0.1, 0.15) is 35.1 Å². The number of thiophene rings is 1. The number of hydrogen-bond donors (Lipinski definition) is 1. The second-order valence-electron chi connectivity index (χ2n) is 6.48. The maximum absolute atomic E-state index is 13.2. The molecule has 1 aromatic carbocycles. The van der Waals surface area contributed by atoms with E-state index in [4.69, 9.17) is 0 Å². The first-order chi connectivity index (χ1) is 11.7. The molecule has 24 heavy (non-hydrogen) atoms. The quantitative estimate of drug-likeness (QED) is 0.885. The van der Waals surface area contributed by atoms with Gasteiger partial charge in [-0.2, -0.15) is 0 Å². The van der Waals surface area contributed by atoms with Gasteiger partial charge < -0.3 is 10.2 Å². The van der Waals surface area contributed by atoms with Crippen LogP contribution >= 0.6 is 11.3 Å². The van der Waals surface area contributed by atoms with E-state index in [1.807, 2.05) is 4.90 Å². The maximum atomic E-state index is 13.2. The van der Waals surface area contributed by atoms with E-state index in [1.54, 1.807) is 11.3 Å². The van der Waals surface area contributed by atoms with Crippen LogP contribution in [0.3, 0.4) is 0 Å². The number of amides is 1. The van der Waals surface area contributed by atoms with Crippen LogP contribution in [0.4, 0.5) is 5.69 Å². The Kier molecular flexibility index (Phi) is 5.69. The number of nitrogens with one attached hydrogen (secondary N) is 1. The number of carbonyl (C=O) groups is 1. The van der Waals surface area contributed by atoms with E-state index in [-0.39, 0.29) is 11.8 Å². The zero-order valence-corrected chi connectivity index (χ0v) is 15.4. The lowest BCUT2D eigenvalue weighted by atomic mass is 9.96. The van der Waals surface area contributed by atoms with Crippen molar-refractivity contribution >= 4 is 22.9 Å². The van der Waals surface area contributed by atoms with E-state index in [9.17, 15) is 4.79 Å². The molecule has 0 atom stereocenters. The highest BCUT2D eigenvalue weighted by atomic mass is 32.1. The van der Waals surface area contributed by atoms with Crippen molar-refractivity contribution in [3.63, 3.8) is 0 Å². The molecule has 1 aromatic heterocycles. The summed E-state index contributed by atoms with van der Waals surface area (Å²) in [6.45, 7) is 6.82. The Labute approximate surface area is 148 Å². The molecule has 0 aliphatic carbocycles. The predicted octanol–water partition coefficient (Wildman–Crippen LogP) is 4.15. The normalized spacial score (nSPS) is 15.4. The number of hydrogen-bond acceptors (Lipinski definition) is 3.